The first kappa shape index (κ1) is 22.1. The minimum Gasteiger partial charge on any atom is -0.385 e. The predicted octanol–water partition coefficient (Wildman–Crippen LogP) is 2.25. The van der Waals surface area contributed by atoms with Crippen molar-refractivity contribution in [1.82, 2.24) is 10.2 Å². The standard InChI is InChI=1S/C20H31FN4O3/c1-3-22-20(23-15-19(26)24-17-7-4-6-16(21)14-17)25-10-8-18(9-11-25)28-13-5-12-27-2/h4,6-7,14,18H,3,5,8-13,15H2,1-2H3,(H,22,23)(H,24,26). The van der Waals surface area contributed by atoms with Crippen LogP contribution in [0.5, 0.6) is 0 Å². The van der Waals surface area contributed by atoms with Gasteiger partial charge in [0.25, 0.3) is 0 Å². The summed E-state index contributed by atoms with van der Waals surface area (Å²) in [4.78, 5) is 18.7. The largest absolute Gasteiger partial charge is 0.385 e. The molecule has 0 aromatic heterocycles. The number of rotatable bonds is 9. The van der Waals surface area contributed by atoms with Crippen LogP contribution in [-0.4, -0.2) is 69.4 Å². The number of guanidine groups is 1. The molecule has 0 unspecified atom stereocenters. The molecule has 1 amide bonds. The highest BCUT2D eigenvalue weighted by Gasteiger charge is 2.22. The molecule has 1 saturated heterocycles. The molecule has 0 atom stereocenters. The minimum absolute atomic E-state index is 0.0215. The highest BCUT2D eigenvalue weighted by Crippen LogP contribution is 2.14. The highest BCUT2D eigenvalue weighted by molar-refractivity contribution is 5.94. The minimum atomic E-state index is -0.387. The zero-order valence-electron chi connectivity index (χ0n) is 16.7. The fourth-order valence-corrected chi connectivity index (χ4v) is 3.03. The fourth-order valence-electron chi connectivity index (χ4n) is 3.03. The molecule has 0 saturated carbocycles. The summed E-state index contributed by atoms with van der Waals surface area (Å²) in [6.07, 6.45) is 3.01. The average molecular weight is 394 g/mol. The zero-order valence-corrected chi connectivity index (χ0v) is 16.7. The van der Waals surface area contributed by atoms with Crippen molar-refractivity contribution in [2.75, 3.05) is 51.8 Å². The molecule has 8 heteroatoms. The maximum absolute atomic E-state index is 13.2. The number of anilines is 1. The van der Waals surface area contributed by atoms with E-state index in [-0.39, 0.29) is 24.4 Å². The number of aliphatic imine (C=N–C) groups is 1. The number of halogens is 1. The lowest BCUT2D eigenvalue weighted by Gasteiger charge is -2.34. The number of hydrogen-bond acceptors (Lipinski definition) is 4. The molecule has 7 nitrogen and oxygen atoms in total. The maximum atomic E-state index is 13.2. The van der Waals surface area contributed by atoms with Crippen molar-refractivity contribution in [2.24, 2.45) is 4.99 Å². The first-order chi connectivity index (χ1) is 13.6. The van der Waals surface area contributed by atoms with E-state index < -0.39 is 0 Å². The van der Waals surface area contributed by atoms with E-state index in [4.69, 9.17) is 9.47 Å². The number of piperidine rings is 1. The Morgan fingerprint density at radius 3 is 2.79 bits per heavy atom. The maximum Gasteiger partial charge on any atom is 0.246 e. The molecule has 0 spiro atoms. The van der Waals surface area contributed by atoms with Gasteiger partial charge in [-0.1, -0.05) is 6.07 Å². The van der Waals surface area contributed by atoms with Crippen LogP contribution in [0.3, 0.4) is 0 Å². The molecule has 0 aliphatic carbocycles. The van der Waals surface area contributed by atoms with Crippen molar-refractivity contribution in [3.05, 3.63) is 30.1 Å². The summed E-state index contributed by atoms with van der Waals surface area (Å²) in [6, 6.07) is 5.82. The van der Waals surface area contributed by atoms with Crippen molar-refractivity contribution in [3.63, 3.8) is 0 Å². The third kappa shape index (κ3) is 7.82. The number of hydrogen-bond donors (Lipinski definition) is 2. The molecular weight excluding hydrogens is 363 g/mol. The van der Waals surface area contributed by atoms with Crippen molar-refractivity contribution < 1.29 is 18.7 Å². The van der Waals surface area contributed by atoms with Gasteiger partial charge in [0.05, 0.1) is 6.10 Å². The van der Waals surface area contributed by atoms with Gasteiger partial charge in [-0.2, -0.15) is 0 Å². The lowest BCUT2D eigenvalue weighted by molar-refractivity contribution is -0.114. The molecule has 0 bridgehead atoms. The summed E-state index contributed by atoms with van der Waals surface area (Å²) in [5, 5.41) is 5.90. The zero-order chi connectivity index (χ0) is 20.2. The number of ether oxygens (including phenoxy) is 2. The Labute approximate surface area is 166 Å². The molecule has 1 aromatic rings. The lowest BCUT2D eigenvalue weighted by atomic mass is 10.1. The molecule has 1 aromatic carbocycles. The first-order valence-corrected chi connectivity index (χ1v) is 9.81. The topological polar surface area (TPSA) is 75.2 Å². The second-order valence-corrected chi connectivity index (χ2v) is 6.63. The van der Waals surface area contributed by atoms with Crippen molar-refractivity contribution in [2.45, 2.75) is 32.3 Å². The summed E-state index contributed by atoms with van der Waals surface area (Å²) in [6.45, 7) is 5.78. The van der Waals surface area contributed by atoms with Gasteiger partial charge in [-0.3, -0.25) is 4.79 Å². The summed E-state index contributed by atoms with van der Waals surface area (Å²) < 4.78 is 24.1. The molecule has 0 radical (unpaired) electrons. The van der Waals surface area contributed by atoms with E-state index in [0.29, 0.717) is 18.9 Å². The van der Waals surface area contributed by atoms with E-state index in [1.54, 1.807) is 19.2 Å². The van der Waals surface area contributed by atoms with E-state index in [1.165, 1.54) is 12.1 Å². The monoisotopic (exact) mass is 394 g/mol. The van der Waals surface area contributed by atoms with Gasteiger partial charge in [0.1, 0.15) is 12.4 Å². The summed E-state index contributed by atoms with van der Waals surface area (Å²) >= 11 is 0. The van der Waals surface area contributed by atoms with Crippen LogP contribution in [0.25, 0.3) is 0 Å². The summed E-state index contributed by atoms with van der Waals surface area (Å²) in [5.74, 6) is 0.0500. The highest BCUT2D eigenvalue weighted by atomic mass is 19.1. The first-order valence-electron chi connectivity index (χ1n) is 9.81. The molecule has 2 N–H and O–H groups in total. The molecule has 1 aliphatic rings. The molecule has 156 valence electrons. The van der Waals surface area contributed by atoms with Crippen LogP contribution in [0.15, 0.2) is 29.3 Å². The number of nitrogens with one attached hydrogen (secondary N) is 2. The normalized spacial score (nSPS) is 15.5. The van der Waals surface area contributed by atoms with E-state index in [2.05, 4.69) is 20.5 Å². The SMILES string of the molecule is CCNC(=NCC(=O)Nc1cccc(F)c1)N1CCC(OCCCOC)CC1. The van der Waals surface area contributed by atoms with Crippen LogP contribution in [0, 0.1) is 5.82 Å². The number of likely N-dealkylation sites (tertiary alicyclic amines) is 1. The van der Waals surface area contributed by atoms with Gasteiger partial charge in [0.15, 0.2) is 5.96 Å². The van der Waals surface area contributed by atoms with Crippen LogP contribution >= 0.6 is 0 Å². The molecule has 1 heterocycles. The molecule has 28 heavy (non-hydrogen) atoms. The Morgan fingerprint density at radius 1 is 1.32 bits per heavy atom. The van der Waals surface area contributed by atoms with E-state index in [9.17, 15) is 9.18 Å². The van der Waals surface area contributed by atoms with Gasteiger partial charge < -0.3 is 25.0 Å². The Hall–Kier alpha value is -2.19. The number of benzene rings is 1. The van der Waals surface area contributed by atoms with Crippen molar-refractivity contribution in [3.8, 4) is 0 Å². The van der Waals surface area contributed by atoms with Crippen molar-refractivity contribution in [1.29, 1.82) is 0 Å². The third-order valence-electron chi connectivity index (χ3n) is 4.40. The molecule has 1 fully saturated rings. The Kier molecular flexibility index (Phi) is 9.71. The van der Waals surface area contributed by atoms with Gasteiger partial charge in [-0.25, -0.2) is 9.38 Å². The number of carbonyl (C=O) groups is 1. The summed E-state index contributed by atoms with van der Waals surface area (Å²) in [7, 11) is 1.69. The third-order valence-corrected chi connectivity index (χ3v) is 4.40. The fraction of sp³-hybridized carbons (Fsp3) is 0.600. The molecule has 2 rings (SSSR count). The second-order valence-electron chi connectivity index (χ2n) is 6.63. The van der Waals surface area contributed by atoms with Gasteiger partial charge in [-0.15, -0.1) is 0 Å². The van der Waals surface area contributed by atoms with Crippen LogP contribution in [-0.2, 0) is 14.3 Å². The van der Waals surface area contributed by atoms with E-state index in [0.717, 1.165) is 44.9 Å². The Bertz CT molecular complexity index is 634. The Balaban J connectivity index is 1.81. The van der Waals surface area contributed by atoms with E-state index in [1.807, 2.05) is 6.92 Å². The van der Waals surface area contributed by atoms with Crippen molar-refractivity contribution >= 4 is 17.6 Å². The number of carbonyl (C=O) groups excluding carboxylic acids is 1. The lowest BCUT2D eigenvalue weighted by Crippen LogP contribution is -2.47. The average Bonchev–Trinajstić information content (AvgIpc) is 2.69. The smallest absolute Gasteiger partial charge is 0.246 e. The second kappa shape index (κ2) is 12.3. The van der Waals surface area contributed by atoms with E-state index >= 15 is 0 Å². The Morgan fingerprint density at radius 2 is 2.11 bits per heavy atom. The molecular formula is C20H31FN4O3. The van der Waals surface area contributed by atoms with Crippen LogP contribution in [0.4, 0.5) is 10.1 Å². The van der Waals surface area contributed by atoms with Crippen LogP contribution in [0.2, 0.25) is 0 Å². The molecule has 1 aliphatic heterocycles. The predicted molar refractivity (Wildman–Crippen MR) is 108 cm³/mol. The van der Waals surface area contributed by atoms with Gasteiger partial charge in [0, 0.05) is 45.6 Å². The van der Waals surface area contributed by atoms with Crippen LogP contribution < -0.4 is 10.6 Å². The number of amides is 1. The quantitative estimate of drug-likeness (QED) is 0.382. The van der Waals surface area contributed by atoms with Gasteiger partial charge >= 0.3 is 0 Å². The summed E-state index contributed by atoms with van der Waals surface area (Å²) in [5.41, 5.74) is 0.427. The van der Waals surface area contributed by atoms with Gasteiger partial charge in [0.2, 0.25) is 5.91 Å². The number of methoxy groups -OCH3 is 1. The van der Waals surface area contributed by atoms with Gasteiger partial charge in [-0.05, 0) is 44.4 Å². The van der Waals surface area contributed by atoms with Crippen LogP contribution in [0.1, 0.15) is 26.2 Å². The number of nitrogens with zero attached hydrogens (tertiary/aromatic N) is 2.